The second kappa shape index (κ2) is 2.69. The number of rotatable bonds is 1. The van der Waals surface area contributed by atoms with Crippen LogP contribution in [0.2, 0.25) is 0 Å². The minimum atomic E-state index is -0.797. The lowest BCUT2D eigenvalue weighted by Gasteiger charge is -2.26. The third kappa shape index (κ3) is 1.21. The van der Waals surface area contributed by atoms with Crippen molar-refractivity contribution in [1.29, 1.82) is 0 Å². The first-order valence-electron chi connectivity index (χ1n) is 3.11. The molecule has 0 unspecified atom stereocenters. The molecule has 1 fully saturated rings. The van der Waals surface area contributed by atoms with Gasteiger partial charge in [0.15, 0.2) is 0 Å². The molecule has 0 aromatic heterocycles. The first-order valence-corrected chi connectivity index (χ1v) is 3.11. The van der Waals surface area contributed by atoms with Crippen molar-refractivity contribution in [3.05, 3.63) is 0 Å². The van der Waals surface area contributed by atoms with E-state index in [2.05, 4.69) is 0 Å². The Bertz CT molecular complexity index is 214. The summed E-state index contributed by atoms with van der Waals surface area (Å²) in [6, 6.07) is 0. The predicted octanol–water partition coefficient (Wildman–Crippen LogP) is -1.65. The number of carbonyl (C=O) groups is 2. The summed E-state index contributed by atoms with van der Waals surface area (Å²) in [7, 11) is 1.52. The highest BCUT2D eigenvalue weighted by Crippen LogP contribution is 1.99. The zero-order valence-electron chi connectivity index (χ0n) is 6.03. The van der Waals surface area contributed by atoms with Gasteiger partial charge < -0.3 is 4.90 Å². The Morgan fingerprint density at radius 3 is 2.45 bits per heavy atom. The number of nitrogens with zero attached hydrogens (tertiary/aromatic N) is 2. The molecule has 1 rings (SSSR count). The Kier molecular flexibility index (Phi) is 1.89. The monoisotopic (exact) mass is 155 g/mol. The van der Waals surface area contributed by atoms with Crippen molar-refractivity contribution in [2.24, 2.45) is 0 Å². The molecule has 0 spiro atoms. The topological polar surface area (TPSA) is 57.7 Å². The van der Waals surface area contributed by atoms with Crippen LogP contribution in [0.25, 0.3) is 0 Å². The molecule has 5 nitrogen and oxygen atoms in total. The summed E-state index contributed by atoms with van der Waals surface area (Å²) in [5.74, 6) is -1.45. The smallest absolute Gasteiger partial charge is 0.319 e. The molecule has 0 saturated carbocycles. The number of hydrogen-bond acceptors (Lipinski definition) is 3. The highest BCUT2D eigenvalue weighted by Gasteiger charge is 2.30. The Morgan fingerprint density at radius 2 is 1.91 bits per heavy atom. The number of likely N-dealkylation sites (N-methyl/N-ethyl adjacent to an activating group) is 1. The number of imide groups is 1. The second-order valence-corrected chi connectivity index (χ2v) is 2.27. The van der Waals surface area contributed by atoms with Gasteiger partial charge in [0.2, 0.25) is 0 Å². The lowest BCUT2D eigenvalue weighted by molar-refractivity contribution is -0.151. The molecule has 0 aromatic carbocycles. The number of hydrogen-bond donors (Lipinski definition) is 0. The Labute approximate surface area is 63.6 Å². The summed E-state index contributed by atoms with van der Waals surface area (Å²) in [6.45, 7) is 0.629. The molecule has 0 atom stereocenters. The first kappa shape index (κ1) is 7.71. The zero-order valence-corrected chi connectivity index (χ0v) is 6.03. The van der Waals surface area contributed by atoms with Gasteiger partial charge in [-0.25, -0.2) is 0 Å². The molecular weight excluding hydrogens is 148 g/mol. The van der Waals surface area contributed by atoms with E-state index in [4.69, 9.17) is 0 Å². The van der Waals surface area contributed by atoms with Crippen molar-refractivity contribution < 1.29 is 14.4 Å². The van der Waals surface area contributed by atoms with Crippen molar-refractivity contribution >= 4 is 18.2 Å². The van der Waals surface area contributed by atoms with Crippen molar-refractivity contribution in [2.45, 2.75) is 0 Å². The molecule has 1 saturated heterocycles. The third-order valence-electron chi connectivity index (χ3n) is 1.54. The standard InChI is InChI=1S/C6H7N2O3/c1-7-2-3-8(4-9)6(11)5(7)10/h2-3H2,1H3. The summed E-state index contributed by atoms with van der Waals surface area (Å²) in [4.78, 5) is 33.7. The summed E-state index contributed by atoms with van der Waals surface area (Å²) < 4.78 is 0. The van der Waals surface area contributed by atoms with Gasteiger partial charge in [0, 0.05) is 20.1 Å². The van der Waals surface area contributed by atoms with Gasteiger partial charge in [-0.3, -0.25) is 19.3 Å². The Balaban J connectivity index is 2.74. The van der Waals surface area contributed by atoms with Crippen LogP contribution in [0.5, 0.6) is 0 Å². The highest BCUT2D eigenvalue weighted by atomic mass is 16.2. The average Bonchev–Trinajstić information content (AvgIpc) is 2.01. The molecule has 0 bridgehead atoms. The van der Waals surface area contributed by atoms with E-state index in [9.17, 15) is 14.4 Å². The summed E-state index contributed by atoms with van der Waals surface area (Å²) in [5, 5.41) is 0. The van der Waals surface area contributed by atoms with Crippen LogP contribution in [0.15, 0.2) is 0 Å². The van der Waals surface area contributed by atoms with Crippen LogP contribution in [0, 0.1) is 0 Å². The van der Waals surface area contributed by atoms with Gasteiger partial charge in [0.1, 0.15) is 0 Å². The van der Waals surface area contributed by atoms with Crippen molar-refractivity contribution in [3.8, 4) is 0 Å². The molecule has 0 aliphatic carbocycles. The summed E-state index contributed by atoms with van der Waals surface area (Å²) in [6.07, 6.45) is 1.39. The van der Waals surface area contributed by atoms with E-state index >= 15 is 0 Å². The lowest BCUT2D eigenvalue weighted by Crippen LogP contribution is -2.52. The molecule has 5 heteroatoms. The van der Waals surface area contributed by atoms with E-state index in [0.717, 1.165) is 4.90 Å². The SMILES string of the molecule is CN1CCN([C]=O)C(=O)C1=O. The maximum Gasteiger partial charge on any atom is 0.319 e. The number of carbonyl (C=O) groups excluding carboxylic acids is 3. The number of amides is 3. The minimum absolute atomic E-state index is 0.241. The van der Waals surface area contributed by atoms with E-state index in [-0.39, 0.29) is 6.54 Å². The van der Waals surface area contributed by atoms with Gasteiger partial charge in [-0.15, -0.1) is 0 Å². The Morgan fingerprint density at radius 1 is 1.27 bits per heavy atom. The molecular formula is C6H7N2O3. The van der Waals surface area contributed by atoms with Crippen molar-refractivity contribution in [1.82, 2.24) is 9.80 Å². The minimum Gasteiger partial charge on any atom is -0.336 e. The first-order chi connectivity index (χ1) is 5.16. The van der Waals surface area contributed by atoms with Crippen LogP contribution in [0.4, 0.5) is 0 Å². The van der Waals surface area contributed by atoms with E-state index in [1.807, 2.05) is 0 Å². The van der Waals surface area contributed by atoms with Crippen LogP contribution >= 0.6 is 0 Å². The van der Waals surface area contributed by atoms with Crippen LogP contribution in [0.1, 0.15) is 0 Å². The molecule has 3 amide bonds. The third-order valence-corrected chi connectivity index (χ3v) is 1.54. The number of piperazine rings is 1. The summed E-state index contributed by atoms with van der Waals surface area (Å²) >= 11 is 0. The van der Waals surface area contributed by atoms with Gasteiger partial charge >= 0.3 is 18.2 Å². The van der Waals surface area contributed by atoms with Gasteiger partial charge in [-0.2, -0.15) is 0 Å². The molecule has 0 N–H and O–H groups in total. The molecule has 1 radical (unpaired) electrons. The fourth-order valence-electron chi connectivity index (χ4n) is 0.819. The van der Waals surface area contributed by atoms with Gasteiger partial charge in [-0.1, -0.05) is 0 Å². The molecule has 1 aliphatic rings. The maximum atomic E-state index is 10.9. The molecule has 59 valence electrons. The fraction of sp³-hybridized carbons (Fsp3) is 0.500. The van der Waals surface area contributed by atoms with Crippen molar-refractivity contribution in [2.75, 3.05) is 20.1 Å². The fourth-order valence-corrected chi connectivity index (χ4v) is 0.819. The zero-order chi connectivity index (χ0) is 8.43. The molecule has 0 aromatic rings. The van der Waals surface area contributed by atoms with Gasteiger partial charge in [0.05, 0.1) is 0 Å². The average molecular weight is 155 g/mol. The predicted molar refractivity (Wildman–Crippen MR) is 35.0 cm³/mol. The highest BCUT2D eigenvalue weighted by molar-refractivity contribution is 6.37. The summed E-state index contributed by atoms with van der Waals surface area (Å²) in [5.41, 5.74) is 0. The van der Waals surface area contributed by atoms with Crippen LogP contribution in [-0.2, 0) is 14.4 Å². The molecule has 1 heterocycles. The van der Waals surface area contributed by atoms with E-state index in [1.54, 1.807) is 0 Å². The maximum absolute atomic E-state index is 10.9. The quantitative estimate of drug-likeness (QED) is 0.426. The van der Waals surface area contributed by atoms with Crippen LogP contribution < -0.4 is 0 Å². The Hall–Kier alpha value is -1.39. The van der Waals surface area contributed by atoms with E-state index in [1.165, 1.54) is 18.4 Å². The molecule has 11 heavy (non-hydrogen) atoms. The molecule has 1 aliphatic heterocycles. The van der Waals surface area contributed by atoms with E-state index < -0.39 is 11.8 Å². The largest absolute Gasteiger partial charge is 0.336 e. The van der Waals surface area contributed by atoms with Gasteiger partial charge in [-0.05, 0) is 0 Å². The van der Waals surface area contributed by atoms with Crippen LogP contribution in [-0.4, -0.2) is 48.2 Å². The van der Waals surface area contributed by atoms with E-state index in [0.29, 0.717) is 6.54 Å². The van der Waals surface area contributed by atoms with Crippen LogP contribution in [0.3, 0.4) is 0 Å². The normalized spacial score (nSPS) is 19.0. The van der Waals surface area contributed by atoms with Crippen molar-refractivity contribution in [3.63, 3.8) is 0 Å². The van der Waals surface area contributed by atoms with Gasteiger partial charge in [0.25, 0.3) is 0 Å². The lowest BCUT2D eigenvalue weighted by atomic mass is 10.3. The second-order valence-electron chi connectivity index (χ2n) is 2.27.